The van der Waals surface area contributed by atoms with Crippen molar-refractivity contribution in [2.45, 2.75) is 31.9 Å². The van der Waals surface area contributed by atoms with Gasteiger partial charge in [0.25, 0.3) is 0 Å². The highest BCUT2D eigenvalue weighted by atomic mass is 32.2. The van der Waals surface area contributed by atoms with Crippen LogP contribution in [-0.4, -0.2) is 37.3 Å². The molecule has 12 heavy (non-hydrogen) atoms. The zero-order chi connectivity index (χ0) is 8.81. The van der Waals surface area contributed by atoms with Crippen LogP contribution >= 0.6 is 11.8 Å². The predicted octanol–water partition coefficient (Wildman–Crippen LogP) is 1.51. The molecule has 0 aromatic rings. The average Bonchev–Trinajstić information content (AvgIpc) is 2.01. The Hall–Kier alpha value is 0.270. The first-order valence-corrected chi connectivity index (χ1v) is 5.86. The Morgan fingerprint density at radius 1 is 1.50 bits per heavy atom. The summed E-state index contributed by atoms with van der Waals surface area (Å²) in [5, 5.41) is 3.52. The fraction of sp³-hybridized carbons (Fsp3) is 1.00. The normalized spacial score (nSPS) is 28.5. The van der Waals surface area contributed by atoms with Crippen molar-refractivity contribution < 1.29 is 4.74 Å². The third-order valence-electron chi connectivity index (χ3n) is 2.31. The molecular weight excluding hydrogens is 170 g/mol. The summed E-state index contributed by atoms with van der Waals surface area (Å²) < 4.78 is 5.20. The molecule has 1 rings (SSSR count). The van der Waals surface area contributed by atoms with Crippen molar-refractivity contribution in [3.63, 3.8) is 0 Å². The van der Waals surface area contributed by atoms with E-state index in [9.17, 15) is 0 Å². The Kier molecular flexibility index (Phi) is 5.04. The third-order valence-corrected chi connectivity index (χ3v) is 3.21. The molecule has 2 nitrogen and oxygen atoms in total. The van der Waals surface area contributed by atoms with Crippen LogP contribution in [-0.2, 0) is 4.74 Å². The molecule has 1 fully saturated rings. The molecule has 1 aliphatic carbocycles. The number of ether oxygens (including phenoxy) is 1. The van der Waals surface area contributed by atoms with Gasteiger partial charge >= 0.3 is 0 Å². The first-order valence-electron chi connectivity index (χ1n) is 4.70. The second-order valence-corrected chi connectivity index (χ2v) is 4.57. The smallest absolute Gasteiger partial charge is 0.0601 e. The molecule has 1 aliphatic rings. The Morgan fingerprint density at radius 3 is 2.83 bits per heavy atom. The van der Waals surface area contributed by atoms with E-state index in [1.54, 1.807) is 7.11 Å². The Morgan fingerprint density at radius 2 is 2.25 bits per heavy atom. The summed E-state index contributed by atoms with van der Waals surface area (Å²) in [6, 6.07) is 0.729. The van der Waals surface area contributed by atoms with Crippen LogP contribution in [0.3, 0.4) is 0 Å². The van der Waals surface area contributed by atoms with Crippen molar-refractivity contribution in [1.82, 2.24) is 5.32 Å². The zero-order valence-corrected chi connectivity index (χ0v) is 8.82. The van der Waals surface area contributed by atoms with E-state index in [-0.39, 0.29) is 0 Å². The maximum Gasteiger partial charge on any atom is 0.0601 e. The standard InChI is InChI=1S/C9H19NOS/c1-3-12-5-4-10-8-6-9(7-8)11-2/h8-10H,3-7H2,1-2H3. The lowest BCUT2D eigenvalue weighted by atomic mass is 9.89. The number of hydrogen-bond acceptors (Lipinski definition) is 3. The molecule has 0 heterocycles. The lowest BCUT2D eigenvalue weighted by Gasteiger charge is -2.34. The molecular formula is C9H19NOS. The highest BCUT2D eigenvalue weighted by molar-refractivity contribution is 7.99. The number of methoxy groups -OCH3 is 1. The van der Waals surface area contributed by atoms with E-state index < -0.39 is 0 Å². The van der Waals surface area contributed by atoms with Crippen molar-refractivity contribution in [1.29, 1.82) is 0 Å². The summed E-state index contributed by atoms with van der Waals surface area (Å²) in [4.78, 5) is 0. The molecule has 0 atom stereocenters. The quantitative estimate of drug-likeness (QED) is 0.640. The van der Waals surface area contributed by atoms with Gasteiger partial charge in [-0.05, 0) is 18.6 Å². The molecule has 0 spiro atoms. The Balaban J connectivity index is 1.83. The lowest BCUT2D eigenvalue weighted by molar-refractivity contribution is 0.0181. The second-order valence-electron chi connectivity index (χ2n) is 3.18. The van der Waals surface area contributed by atoms with Gasteiger partial charge in [-0.1, -0.05) is 6.92 Å². The maximum absolute atomic E-state index is 5.20. The van der Waals surface area contributed by atoms with Crippen LogP contribution in [0.1, 0.15) is 19.8 Å². The van der Waals surface area contributed by atoms with Crippen molar-refractivity contribution in [2.75, 3.05) is 25.2 Å². The van der Waals surface area contributed by atoms with Gasteiger partial charge in [0.2, 0.25) is 0 Å². The largest absolute Gasteiger partial charge is 0.381 e. The molecule has 1 saturated carbocycles. The SMILES string of the molecule is CCSCCNC1CC(OC)C1. The zero-order valence-electron chi connectivity index (χ0n) is 8.01. The van der Waals surface area contributed by atoms with Crippen LogP contribution in [0.2, 0.25) is 0 Å². The highest BCUT2D eigenvalue weighted by Gasteiger charge is 2.27. The molecule has 0 saturated heterocycles. The summed E-state index contributed by atoms with van der Waals surface area (Å²) in [7, 11) is 1.80. The molecule has 72 valence electrons. The van der Waals surface area contributed by atoms with Crippen molar-refractivity contribution in [2.24, 2.45) is 0 Å². The van der Waals surface area contributed by atoms with Crippen LogP contribution < -0.4 is 5.32 Å². The van der Waals surface area contributed by atoms with E-state index >= 15 is 0 Å². The number of hydrogen-bond donors (Lipinski definition) is 1. The maximum atomic E-state index is 5.20. The van der Waals surface area contributed by atoms with Gasteiger partial charge in [0.1, 0.15) is 0 Å². The molecule has 0 aromatic carbocycles. The van der Waals surface area contributed by atoms with E-state index in [2.05, 4.69) is 12.2 Å². The van der Waals surface area contributed by atoms with Crippen LogP contribution in [0, 0.1) is 0 Å². The van der Waals surface area contributed by atoms with E-state index in [0.29, 0.717) is 6.10 Å². The van der Waals surface area contributed by atoms with Gasteiger partial charge in [-0.2, -0.15) is 11.8 Å². The van der Waals surface area contributed by atoms with Crippen molar-refractivity contribution in [3.8, 4) is 0 Å². The summed E-state index contributed by atoms with van der Waals surface area (Å²) >= 11 is 2.00. The topological polar surface area (TPSA) is 21.3 Å². The van der Waals surface area contributed by atoms with Crippen molar-refractivity contribution in [3.05, 3.63) is 0 Å². The van der Waals surface area contributed by atoms with E-state index in [4.69, 9.17) is 4.74 Å². The highest BCUT2D eigenvalue weighted by Crippen LogP contribution is 2.22. The molecule has 0 aliphatic heterocycles. The Bertz CT molecular complexity index is 115. The number of thioether (sulfide) groups is 1. The first kappa shape index (κ1) is 10.4. The minimum absolute atomic E-state index is 0.529. The summed E-state index contributed by atoms with van der Waals surface area (Å²) in [5.74, 6) is 2.47. The van der Waals surface area contributed by atoms with Gasteiger partial charge < -0.3 is 10.1 Å². The molecule has 1 N–H and O–H groups in total. The number of rotatable bonds is 6. The lowest BCUT2D eigenvalue weighted by Crippen LogP contribution is -2.45. The van der Waals surface area contributed by atoms with Gasteiger partial charge in [-0.15, -0.1) is 0 Å². The van der Waals surface area contributed by atoms with Crippen LogP contribution in [0.5, 0.6) is 0 Å². The first-order chi connectivity index (χ1) is 5.86. The molecule has 0 unspecified atom stereocenters. The van der Waals surface area contributed by atoms with Gasteiger partial charge in [-0.3, -0.25) is 0 Å². The van der Waals surface area contributed by atoms with E-state index in [1.807, 2.05) is 11.8 Å². The monoisotopic (exact) mass is 189 g/mol. The van der Waals surface area contributed by atoms with Crippen LogP contribution in [0.25, 0.3) is 0 Å². The van der Waals surface area contributed by atoms with Gasteiger partial charge in [0.15, 0.2) is 0 Å². The van der Waals surface area contributed by atoms with E-state index in [0.717, 1.165) is 12.6 Å². The molecule has 0 aromatic heterocycles. The molecule has 3 heteroatoms. The fourth-order valence-corrected chi connectivity index (χ4v) is 1.96. The van der Waals surface area contributed by atoms with E-state index in [1.165, 1.54) is 24.3 Å². The predicted molar refractivity (Wildman–Crippen MR) is 54.8 cm³/mol. The second kappa shape index (κ2) is 5.84. The fourth-order valence-electron chi connectivity index (χ4n) is 1.40. The minimum Gasteiger partial charge on any atom is -0.381 e. The molecule has 0 amide bonds. The Labute approximate surface area is 79.4 Å². The third kappa shape index (κ3) is 3.33. The summed E-state index contributed by atoms with van der Waals surface area (Å²) in [6.07, 6.45) is 2.93. The molecule has 0 radical (unpaired) electrons. The van der Waals surface area contributed by atoms with Gasteiger partial charge in [0.05, 0.1) is 6.10 Å². The van der Waals surface area contributed by atoms with Gasteiger partial charge in [0, 0.05) is 25.4 Å². The van der Waals surface area contributed by atoms with Crippen LogP contribution in [0.15, 0.2) is 0 Å². The van der Waals surface area contributed by atoms with Gasteiger partial charge in [-0.25, -0.2) is 0 Å². The van der Waals surface area contributed by atoms with Crippen LogP contribution in [0.4, 0.5) is 0 Å². The van der Waals surface area contributed by atoms with Crippen molar-refractivity contribution >= 4 is 11.8 Å². The summed E-state index contributed by atoms with van der Waals surface area (Å²) in [5.41, 5.74) is 0. The minimum atomic E-state index is 0.529. The summed E-state index contributed by atoms with van der Waals surface area (Å²) in [6.45, 7) is 3.36. The number of nitrogens with one attached hydrogen (secondary N) is 1. The molecule has 0 bridgehead atoms. The average molecular weight is 189 g/mol.